The first kappa shape index (κ1) is 17.9. The molecule has 0 saturated carbocycles. The van der Waals surface area contributed by atoms with Gasteiger partial charge in [-0.15, -0.1) is 0 Å². The number of hydrazine groups is 1. The molecule has 7 nitrogen and oxygen atoms in total. The van der Waals surface area contributed by atoms with Crippen molar-refractivity contribution in [3.63, 3.8) is 0 Å². The number of nitrogens with one attached hydrogen (secondary N) is 3. The SMILES string of the molecule is CNc1ccccc1C(=O)NNC(=O)c1cccnc1Oc1ccccc1. The van der Waals surface area contributed by atoms with E-state index in [0.29, 0.717) is 17.0 Å². The van der Waals surface area contributed by atoms with Gasteiger partial charge < -0.3 is 10.1 Å². The number of ether oxygens (including phenoxy) is 1. The number of hydrogen-bond acceptors (Lipinski definition) is 5. The van der Waals surface area contributed by atoms with Crippen molar-refractivity contribution in [3.8, 4) is 11.6 Å². The molecule has 0 spiro atoms. The Bertz CT molecular complexity index is 945. The Hall–Kier alpha value is -3.87. The summed E-state index contributed by atoms with van der Waals surface area (Å²) < 4.78 is 5.66. The lowest BCUT2D eigenvalue weighted by Gasteiger charge is -2.12. The Morgan fingerprint density at radius 1 is 0.815 bits per heavy atom. The van der Waals surface area contributed by atoms with E-state index in [-0.39, 0.29) is 11.4 Å². The first-order valence-electron chi connectivity index (χ1n) is 8.24. The largest absolute Gasteiger partial charge is 0.438 e. The van der Waals surface area contributed by atoms with Gasteiger partial charge in [0.05, 0.1) is 5.56 Å². The summed E-state index contributed by atoms with van der Waals surface area (Å²) in [5.74, 6) is -0.282. The van der Waals surface area contributed by atoms with Crippen LogP contribution in [-0.2, 0) is 0 Å². The molecule has 0 bridgehead atoms. The molecule has 136 valence electrons. The molecule has 3 aromatic rings. The molecule has 0 aliphatic rings. The van der Waals surface area contributed by atoms with Crippen molar-refractivity contribution in [3.05, 3.63) is 84.1 Å². The number of carbonyl (C=O) groups is 2. The normalized spacial score (nSPS) is 9.96. The van der Waals surface area contributed by atoms with Gasteiger partial charge in [0, 0.05) is 18.9 Å². The predicted octanol–water partition coefficient (Wildman–Crippen LogP) is 2.99. The van der Waals surface area contributed by atoms with Crippen molar-refractivity contribution in [1.82, 2.24) is 15.8 Å². The third kappa shape index (κ3) is 4.40. The first-order chi connectivity index (χ1) is 13.2. The minimum Gasteiger partial charge on any atom is -0.438 e. The summed E-state index contributed by atoms with van der Waals surface area (Å²) in [6.45, 7) is 0. The summed E-state index contributed by atoms with van der Waals surface area (Å²) in [5.41, 5.74) is 6.05. The van der Waals surface area contributed by atoms with Crippen LogP contribution in [0.3, 0.4) is 0 Å². The molecule has 3 N–H and O–H groups in total. The average Bonchev–Trinajstić information content (AvgIpc) is 2.73. The van der Waals surface area contributed by atoms with E-state index in [1.54, 1.807) is 49.5 Å². The van der Waals surface area contributed by atoms with E-state index in [0.717, 1.165) is 0 Å². The Labute approximate surface area is 156 Å². The van der Waals surface area contributed by atoms with E-state index >= 15 is 0 Å². The van der Waals surface area contributed by atoms with E-state index in [2.05, 4.69) is 21.2 Å². The van der Waals surface area contributed by atoms with Gasteiger partial charge in [0.15, 0.2) is 0 Å². The van der Waals surface area contributed by atoms with Crippen LogP contribution in [0, 0.1) is 0 Å². The van der Waals surface area contributed by atoms with Gasteiger partial charge in [-0.1, -0.05) is 30.3 Å². The summed E-state index contributed by atoms with van der Waals surface area (Å²) in [6, 6.07) is 19.2. The highest BCUT2D eigenvalue weighted by Crippen LogP contribution is 2.22. The molecule has 3 rings (SSSR count). The van der Waals surface area contributed by atoms with Crippen LogP contribution in [0.2, 0.25) is 0 Å². The highest BCUT2D eigenvalue weighted by molar-refractivity contribution is 6.02. The van der Waals surface area contributed by atoms with Gasteiger partial charge in [-0.2, -0.15) is 0 Å². The van der Waals surface area contributed by atoms with Crippen molar-refractivity contribution in [1.29, 1.82) is 0 Å². The van der Waals surface area contributed by atoms with Gasteiger partial charge in [0.25, 0.3) is 11.8 Å². The summed E-state index contributed by atoms with van der Waals surface area (Å²) in [6.07, 6.45) is 1.52. The molecule has 0 radical (unpaired) electrons. The second kappa shape index (κ2) is 8.48. The van der Waals surface area contributed by atoms with Gasteiger partial charge >= 0.3 is 0 Å². The molecule has 2 aromatic carbocycles. The van der Waals surface area contributed by atoms with Crippen molar-refractivity contribution >= 4 is 17.5 Å². The summed E-state index contributed by atoms with van der Waals surface area (Å²) in [4.78, 5) is 28.9. The molecule has 0 aliphatic heterocycles. The number of amides is 2. The highest BCUT2D eigenvalue weighted by atomic mass is 16.5. The molecule has 1 aromatic heterocycles. The summed E-state index contributed by atoms with van der Waals surface area (Å²) in [7, 11) is 1.72. The van der Waals surface area contributed by atoms with Crippen LogP contribution < -0.4 is 20.9 Å². The number of carbonyl (C=O) groups excluding carboxylic acids is 2. The fraction of sp³-hybridized carbons (Fsp3) is 0.0500. The standard InChI is InChI=1S/C20H18N4O3/c1-21-17-12-6-5-10-15(17)18(25)23-24-19(26)16-11-7-13-22-20(16)27-14-8-3-2-4-9-14/h2-13,21H,1H3,(H,23,25)(H,24,26). The monoisotopic (exact) mass is 362 g/mol. The number of nitrogens with zero attached hydrogens (tertiary/aromatic N) is 1. The molecular weight excluding hydrogens is 344 g/mol. The lowest BCUT2D eigenvalue weighted by atomic mass is 10.1. The lowest BCUT2D eigenvalue weighted by molar-refractivity contribution is 0.0845. The molecule has 0 fully saturated rings. The average molecular weight is 362 g/mol. The van der Waals surface area contributed by atoms with Crippen molar-refractivity contribution in [2.75, 3.05) is 12.4 Å². The minimum absolute atomic E-state index is 0.145. The third-order valence-corrected chi connectivity index (χ3v) is 3.70. The number of aromatic nitrogens is 1. The van der Waals surface area contributed by atoms with Crippen LogP contribution in [0.1, 0.15) is 20.7 Å². The highest BCUT2D eigenvalue weighted by Gasteiger charge is 2.16. The molecule has 0 unspecified atom stereocenters. The van der Waals surface area contributed by atoms with Crippen molar-refractivity contribution in [2.24, 2.45) is 0 Å². The fourth-order valence-corrected chi connectivity index (χ4v) is 2.39. The zero-order valence-electron chi connectivity index (χ0n) is 14.6. The van der Waals surface area contributed by atoms with Gasteiger partial charge in [-0.05, 0) is 36.4 Å². The first-order valence-corrected chi connectivity index (χ1v) is 8.24. The van der Waals surface area contributed by atoms with Gasteiger partial charge in [-0.3, -0.25) is 20.4 Å². The summed E-state index contributed by atoms with van der Waals surface area (Å²) in [5, 5.41) is 2.93. The third-order valence-electron chi connectivity index (χ3n) is 3.70. The number of para-hydroxylation sites is 2. The van der Waals surface area contributed by atoms with E-state index in [4.69, 9.17) is 4.74 Å². The second-order valence-electron chi connectivity index (χ2n) is 5.48. The Morgan fingerprint density at radius 3 is 2.19 bits per heavy atom. The molecule has 0 saturated heterocycles. The molecule has 0 aliphatic carbocycles. The lowest BCUT2D eigenvalue weighted by Crippen LogP contribution is -2.42. The van der Waals surface area contributed by atoms with Crippen LogP contribution in [-0.4, -0.2) is 23.8 Å². The van der Waals surface area contributed by atoms with Gasteiger partial charge in [0.1, 0.15) is 11.3 Å². The zero-order chi connectivity index (χ0) is 19.1. The van der Waals surface area contributed by atoms with Crippen molar-refractivity contribution < 1.29 is 14.3 Å². The molecule has 1 heterocycles. The molecule has 27 heavy (non-hydrogen) atoms. The zero-order valence-corrected chi connectivity index (χ0v) is 14.6. The van der Waals surface area contributed by atoms with Crippen LogP contribution in [0.25, 0.3) is 0 Å². The topological polar surface area (TPSA) is 92.4 Å². The van der Waals surface area contributed by atoms with Gasteiger partial charge in [0.2, 0.25) is 5.88 Å². The number of benzene rings is 2. The van der Waals surface area contributed by atoms with Gasteiger partial charge in [-0.25, -0.2) is 4.98 Å². The Balaban J connectivity index is 1.71. The van der Waals surface area contributed by atoms with E-state index in [9.17, 15) is 9.59 Å². The maximum Gasteiger partial charge on any atom is 0.275 e. The number of rotatable bonds is 5. The smallest absolute Gasteiger partial charge is 0.275 e. The van der Waals surface area contributed by atoms with Crippen LogP contribution >= 0.6 is 0 Å². The van der Waals surface area contributed by atoms with Crippen molar-refractivity contribution in [2.45, 2.75) is 0 Å². The number of hydrogen-bond donors (Lipinski definition) is 3. The maximum atomic E-state index is 12.5. The fourth-order valence-electron chi connectivity index (χ4n) is 2.39. The van der Waals surface area contributed by atoms with E-state index in [1.165, 1.54) is 6.20 Å². The quantitative estimate of drug-likeness (QED) is 0.607. The summed E-state index contributed by atoms with van der Waals surface area (Å²) >= 11 is 0. The predicted molar refractivity (Wildman–Crippen MR) is 102 cm³/mol. The second-order valence-corrected chi connectivity index (χ2v) is 5.48. The van der Waals surface area contributed by atoms with Crippen LogP contribution in [0.15, 0.2) is 72.9 Å². The Kier molecular flexibility index (Phi) is 5.64. The Morgan fingerprint density at radius 2 is 1.44 bits per heavy atom. The van der Waals surface area contributed by atoms with Crippen LogP contribution in [0.4, 0.5) is 5.69 Å². The van der Waals surface area contributed by atoms with E-state index < -0.39 is 11.8 Å². The number of pyridine rings is 1. The minimum atomic E-state index is -0.538. The van der Waals surface area contributed by atoms with E-state index in [1.807, 2.05) is 24.3 Å². The van der Waals surface area contributed by atoms with Crippen LogP contribution in [0.5, 0.6) is 11.6 Å². The molecule has 0 atom stereocenters. The molecular formula is C20H18N4O3. The number of anilines is 1. The molecule has 2 amide bonds. The maximum absolute atomic E-state index is 12.5. The molecule has 7 heteroatoms.